The molecule has 1 fully saturated rings. The van der Waals surface area contributed by atoms with Crippen molar-refractivity contribution in [3.05, 3.63) is 92.4 Å². The Balaban J connectivity index is 1.70. The van der Waals surface area contributed by atoms with Crippen LogP contribution in [0, 0.1) is 5.92 Å². The van der Waals surface area contributed by atoms with E-state index in [1.807, 2.05) is 0 Å². The zero-order valence-corrected chi connectivity index (χ0v) is 25.2. The van der Waals surface area contributed by atoms with Crippen molar-refractivity contribution in [1.29, 1.82) is 0 Å². The maximum absolute atomic E-state index is 13.8. The van der Waals surface area contributed by atoms with E-state index in [1.54, 1.807) is 80.6 Å². The Labute approximate surface area is 252 Å². The van der Waals surface area contributed by atoms with E-state index in [0.717, 1.165) is 0 Å². The summed E-state index contributed by atoms with van der Waals surface area (Å²) in [4.78, 5) is 54.3. The summed E-state index contributed by atoms with van der Waals surface area (Å²) in [6, 6.07) is 17.3. The lowest BCUT2D eigenvalue weighted by atomic mass is 9.72. The van der Waals surface area contributed by atoms with Crippen molar-refractivity contribution < 1.29 is 38.1 Å². The first kappa shape index (κ1) is 29.0. The van der Waals surface area contributed by atoms with E-state index >= 15 is 0 Å². The predicted molar refractivity (Wildman–Crippen MR) is 153 cm³/mol. The highest BCUT2D eigenvalue weighted by Gasteiger charge is 2.69. The van der Waals surface area contributed by atoms with E-state index in [4.69, 9.17) is 18.9 Å². The van der Waals surface area contributed by atoms with Crippen LogP contribution >= 0.6 is 31.9 Å². The van der Waals surface area contributed by atoms with E-state index in [1.165, 1.54) is 0 Å². The van der Waals surface area contributed by atoms with Gasteiger partial charge in [-0.2, -0.15) is 0 Å². The van der Waals surface area contributed by atoms with Crippen LogP contribution in [0.25, 0.3) is 0 Å². The fraction of sp³-hybridized carbons (Fsp3) is 0.267. The van der Waals surface area contributed by atoms with Gasteiger partial charge in [0.2, 0.25) is 5.54 Å². The summed E-state index contributed by atoms with van der Waals surface area (Å²) in [6.07, 6.45) is 0. The largest absolute Gasteiger partial charge is 0.464 e. The lowest BCUT2D eigenvalue weighted by Gasteiger charge is -2.35. The Morgan fingerprint density at radius 3 is 2.12 bits per heavy atom. The monoisotopic (exact) mass is 685 g/mol. The topological polar surface area (TPSA) is 117 Å². The molecule has 0 spiro atoms. The first-order chi connectivity index (χ1) is 19.7. The lowest BCUT2D eigenvalue weighted by Crippen LogP contribution is -2.60. The predicted octanol–water partition coefficient (Wildman–Crippen LogP) is 5.26. The van der Waals surface area contributed by atoms with Crippen LogP contribution < -0.4 is 14.8 Å². The van der Waals surface area contributed by atoms with Gasteiger partial charge in [-0.15, -0.1) is 0 Å². The summed E-state index contributed by atoms with van der Waals surface area (Å²) in [5, 5.41) is 3.13. The molecule has 1 saturated heterocycles. The van der Waals surface area contributed by atoms with E-state index in [9.17, 15) is 19.2 Å². The number of carbonyl (C=O) groups is 4. The lowest BCUT2D eigenvalue weighted by molar-refractivity contribution is -0.167. The van der Waals surface area contributed by atoms with Crippen LogP contribution in [0.2, 0.25) is 0 Å². The molecule has 5 rings (SSSR count). The highest BCUT2D eigenvalue weighted by atomic mass is 79.9. The minimum atomic E-state index is -2.11. The molecule has 0 bridgehead atoms. The Kier molecular flexibility index (Phi) is 8.30. The van der Waals surface area contributed by atoms with Gasteiger partial charge < -0.3 is 18.9 Å². The first-order valence-corrected chi connectivity index (χ1v) is 14.5. The average Bonchev–Trinajstić information content (AvgIpc) is 3.33. The summed E-state index contributed by atoms with van der Waals surface area (Å²) in [7, 11) is 0. The number of esters is 4. The van der Waals surface area contributed by atoms with Crippen molar-refractivity contribution in [1.82, 2.24) is 5.32 Å². The highest BCUT2D eigenvalue weighted by molar-refractivity contribution is 9.10. The SMILES string of the molecule is CCOC(=O)C1(C(=O)OCC)N[C@@H](c2cc(Br)ccc2OC(=O)c2ccccc2)[C@@H]2C(=O)Oc3ccc(Br)cc3[C@@H]21. The minimum Gasteiger partial charge on any atom is -0.464 e. The molecule has 3 aromatic carbocycles. The molecule has 2 heterocycles. The van der Waals surface area contributed by atoms with E-state index in [0.29, 0.717) is 25.6 Å². The molecule has 0 unspecified atom stereocenters. The molecule has 2 aliphatic rings. The maximum Gasteiger partial charge on any atom is 0.343 e. The van der Waals surface area contributed by atoms with Crippen LogP contribution in [0.5, 0.6) is 11.5 Å². The third-order valence-electron chi connectivity index (χ3n) is 7.07. The van der Waals surface area contributed by atoms with Crippen LogP contribution in [-0.2, 0) is 23.9 Å². The second-order valence-corrected chi connectivity index (χ2v) is 11.2. The number of halogens is 2. The first-order valence-electron chi connectivity index (χ1n) is 12.9. The molecule has 0 radical (unpaired) electrons. The summed E-state index contributed by atoms with van der Waals surface area (Å²) >= 11 is 6.90. The summed E-state index contributed by atoms with van der Waals surface area (Å²) < 4.78 is 23.6. The van der Waals surface area contributed by atoms with E-state index < -0.39 is 47.3 Å². The minimum absolute atomic E-state index is 0.0175. The number of rotatable bonds is 7. The Hall–Kier alpha value is -3.54. The second kappa shape index (κ2) is 11.8. The number of nitrogens with one attached hydrogen (secondary N) is 1. The second-order valence-electron chi connectivity index (χ2n) is 9.42. The van der Waals surface area contributed by atoms with Gasteiger partial charge in [-0.25, -0.2) is 14.4 Å². The van der Waals surface area contributed by atoms with Crippen LogP contribution in [-0.4, -0.2) is 42.6 Å². The molecule has 9 nitrogen and oxygen atoms in total. The number of carbonyl (C=O) groups excluding carboxylic acids is 4. The van der Waals surface area contributed by atoms with Crippen LogP contribution in [0.3, 0.4) is 0 Å². The van der Waals surface area contributed by atoms with Crippen molar-refractivity contribution in [3.8, 4) is 11.5 Å². The van der Waals surface area contributed by atoms with Crippen molar-refractivity contribution >= 4 is 55.7 Å². The van der Waals surface area contributed by atoms with Gasteiger partial charge in [-0.1, -0.05) is 50.1 Å². The average molecular weight is 687 g/mol. The van der Waals surface area contributed by atoms with E-state index in [2.05, 4.69) is 37.2 Å². The normalized spacial score (nSPS) is 20.3. The van der Waals surface area contributed by atoms with Crippen LogP contribution in [0.4, 0.5) is 0 Å². The quantitative estimate of drug-likeness (QED) is 0.202. The summed E-state index contributed by atoms with van der Waals surface area (Å²) in [6.45, 7) is 3.21. The van der Waals surface area contributed by atoms with Gasteiger partial charge in [0, 0.05) is 26.0 Å². The van der Waals surface area contributed by atoms with Gasteiger partial charge in [-0.05, 0) is 62.4 Å². The van der Waals surface area contributed by atoms with Crippen LogP contribution in [0.15, 0.2) is 75.7 Å². The molecule has 2 aliphatic heterocycles. The van der Waals surface area contributed by atoms with Gasteiger partial charge in [0.05, 0.1) is 30.7 Å². The fourth-order valence-corrected chi connectivity index (χ4v) is 6.18. The molecule has 11 heteroatoms. The Bertz CT molecular complexity index is 1510. The number of fused-ring (bicyclic) bond motifs is 3. The smallest absolute Gasteiger partial charge is 0.343 e. The number of benzene rings is 3. The van der Waals surface area contributed by atoms with Crippen molar-refractivity contribution in [3.63, 3.8) is 0 Å². The summed E-state index contributed by atoms with van der Waals surface area (Å²) in [5.74, 6) is -4.90. The molecule has 0 aliphatic carbocycles. The Morgan fingerprint density at radius 1 is 0.878 bits per heavy atom. The van der Waals surface area contributed by atoms with Gasteiger partial charge >= 0.3 is 23.9 Å². The van der Waals surface area contributed by atoms with Crippen molar-refractivity contribution in [2.24, 2.45) is 5.92 Å². The molecule has 0 amide bonds. The number of hydrogen-bond donors (Lipinski definition) is 1. The fourth-order valence-electron chi connectivity index (χ4n) is 5.42. The highest BCUT2D eigenvalue weighted by Crippen LogP contribution is 2.56. The molecule has 0 saturated carbocycles. The van der Waals surface area contributed by atoms with Gasteiger partial charge in [0.1, 0.15) is 11.5 Å². The number of hydrogen-bond acceptors (Lipinski definition) is 9. The van der Waals surface area contributed by atoms with E-state index in [-0.39, 0.29) is 24.7 Å². The van der Waals surface area contributed by atoms with Crippen molar-refractivity contribution in [2.75, 3.05) is 13.2 Å². The third kappa shape index (κ3) is 5.18. The standard InChI is InChI=1S/C30H25Br2NO8/c1-3-38-28(36)30(29(37)39-4-2)24-19-14-17(31)10-12-21(19)41-27(35)23(24)25(33-30)20-15-18(32)11-13-22(20)40-26(34)16-8-6-5-7-9-16/h5-15,23-25,33H,3-4H2,1-2H3/t23-,24+,25+/m1/s1. The van der Waals surface area contributed by atoms with Crippen molar-refractivity contribution in [2.45, 2.75) is 31.3 Å². The van der Waals surface area contributed by atoms with Gasteiger partial charge in [0.25, 0.3) is 0 Å². The van der Waals surface area contributed by atoms with Gasteiger partial charge in [0.15, 0.2) is 0 Å². The molecule has 41 heavy (non-hydrogen) atoms. The molecule has 1 N–H and O–H groups in total. The Morgan fingerprint density at radius 2 is 1.49 bits per heavy atom. The third-order valence-corrected chi connectivity index (χ3v) is 8.06. The van der Waals surface area contributed by atoms with Gasteiger partial charge in [-0.3, -0.25) is 10.1 Å². The maximum atomic E-state index is 13.8. The summed E-state index contributed by atoms with van der Waals surface area (Å²) in [5.41, 5.74) is -0.997. The molecular formula is C30H25Br2NO8. The molecular weight excluding hydrogens is 662 g/mol. The molecule has 3 aromatic rings. The zero-order chi connectivity index (χ0) is 29.3. The zero-order valence-electron chi connectivity index (χ0n) is 22.0. The molecule has 212 valence electrons. The van der Waals surface area contributed by atoms with Crippen LogP contribution in [0.1, 0.15) is 47.3 Å². The number of ether oxygens (including phenoxy) is 4. The molecule has 3 atom stereocenters. The molecule has 0 aromatic heterocycles.